The van der Waals surface area contributed by atoms with E-state index in [-0.39, 0.29) is 24.0 Å². The van der Waals surface area contributed by atoms with Gasteiger partial charge in [-0.05, 0) is 46.5 Å². The Balaban J connectivity index is 1.67. The first-order valence-corrected chi connectivity index (χ1v) is 12.2. The molecule has 0 aromatic heterocycles. The summed E-state index contributed by atoms with van der Waals surface area (Å²) in [6.07, 6.45) is 1.36. The van der Waals surface area contributed by atoms with Crippen molar-refractivity contribution >= 4 is 32.6 Å². The molecular formula is C23H30N4O4S. The lowest BCUT2D eigenvalue weighted by Crippen LogP contribution is -2.38. The minimum absolute atomic E-state index is 0.0664. The number of hydrogen-bond donors (Lipinski definition) is 3. The van der Waals surface area contributed by atoms with E-state index in [1.165, 1.54) is 6.08 Å². The smallest absolute Gasteiger partial charge is 0.250 e. The Morgan fingerprint density at radius 3 is 2.69 bits per heavy atom. The zero-order chi connectivity index (χ0) is 23.0. The summed E-state index contributed by atoms with van der Waals surface area (Å²) < 4.78 is 32.6. The number of sulfonamides is 1. The maximum atomic E-state index is 12.4. The largest absolute Gasteiger partial charge is 0.396 e. The number of aliphatic hydroxyl groups is 1. The molecule has 1 aliphatic rings. The van der Waals surface area contributed by atoms with Crippen LogP contribution in [0.25, 0.3) is 16.8 Å². The molecule has 3 N–H and O–H groups in total. The van der Waals surface area contributed by atoms with Crippen molar-refractivity contribution in [3.8, 4) is 6.07 Å². The van der Waals surface area contributed by atoms with Gasteiger partial charge in [-0.25, -0.2) is 13.1 Å². The molecular weight excluding hydrogens is 428 g/mol. The molecule has 3 rings (SSSR count). The van der Waals surface area contributed by atoms with Gasteiger partial charge in [-0.15, -0.1) is 0 Å². The van der Waals surface area contributed by atoms with Gasteiger partial charge in [-0.3, -0.25) is 4.90 Å². The van der Waals surface area contributed by atoms with Gasteiger partial charge in [0, 0.05) is 45.0 Å². The molecule has 1 unspecified atom stereocenters. The molecule has 1 aliphatic heterocycles. The second-order valence-corrected chi connectivity index (χ2v) is 9.70. The van der Waals surface area contributed by atoms with Gasteiger partial charge in [0.1, 0.15) is 6.07 Å². The highest BCUT2D eigenvalue weighted by molar-refractivity contribution is 7.93. The normalized spacial score (nSPS) is 16.6. The van der Waals surface area contributed by atoms with Crippen molar-refractivity contribution in [1.82, 2.24) is 9.62 Å². The lowest BCUT2D eigenvalue weighted by molar-refractivity contribution is 0.0398. The minimum atomic E-state index is -3.94. The van der Waals surface area contributed by atoms with Gasteiger partial charge in [0.15, 0.2) is 4.91 Å². The first-order chi connectivity index (χ1) is 15.4. The molecule has 172 valence electrons. The zero-order valence-electron chi connectivity index (χ0n) is 18.3. The summed E-state index contributed by atoms with van der Waals surface area (Å²) in [6.45, 7) is 6.96. The number of nitrogens with zero attached hydrogens (tertiary/aromatic N) is 2. The van der Waals surface area contributed by atoms with Crippen LogP contribution < -0.4 is 10.0 Å². The van der Waals surface area contributed by atoms with Crippen LogP contribution in [0.2, 0.25) is 0 Å². The van der Waals surface area contributed by atoms with Crippen LogP contribution in [0.4, 0.5) is 5.69 Å². The van der Waals surface area contributed by atoms with E-state index in [4.69, 9.17) is 9.84 Å². The van der Waals surface area contributed by atoms with E-state index in [9.17, 15) is 13.7 Å². The summed E-state index contributed by atoms with van der Waals surface area (Å²) in [7, 11) is -3.94. The molecule has 2 aromatic carbocycles. The summed E-state index contributed by atoms with van der Waals surface area (Å²) in [5.74, 6) is -0.234. The number of nitriles is 1. The van der Waals surface area contributed by atoms with Gasteiger partial charge in [-0.1, -0.05) is 25.1 Å². The Bertz CT molecular complexity index is 1090. The van der Waals surface area contributed by atoms with Crippen LogP contribution >= 0.6 is 0 Å². The van der Waals surface area contributed by atoms with Crippen molar-refractivity contribution in [1.29, 1.82) is 5.26 Å². The average molecular weight is 459 g/mol. The molecule has 1 saturated heterocycles. The van der Waals surface area contributed by atoms with Crippen LogP contribution in [-0.4, -0.2) is 71.0 Å². The number of benzene rings is 2. The second-order valence-electron chi connectivity index (χ2n) is 7.96. The van der Waals surface area contributed by atoms with Gasteiger partial charge in [0.25, 0.3) is 10.0 Å². The Hall–Kier alpha value is -2.48. The predicted molar refractivity (Wildman–Crippen MR) is 126 cm³/mol. The van der Waals surface area contributed by atoms with Crippen LogP contribution in [0, 0.1) is 17.2 Å². The highest BCUT2D eigenvalue weighted by Crippen LogP contribution is 2.22. The maximum absolute atomic E-state index is 12.4. The zero-order valence-corrected chi connectivity index (χ0v) is 19.1. The van der Waals surface area contributed by atoms with E-state index in [2.05, 4.69) is 21.0 Å². The molecule has 0 amide bonds. The van der Waals surface area contributed by atoms with Crippen molar-refractivity contribution in [2.45, 2.75) is 6.92 Å². The van der Waals surface area contributed by atoms with Crippen molar-refractivity contribution in [2.24, 2.45) is 5.92 Å². The third-order valence-corrected chi connectivity index (χ3v) is 6.69. The maximum Gasteiger partial charge on any atom is 0.250 e. The number of allylic oxidation sites excluding steroid dienone is 1. The number of morpholine rings is 1. The van der Waals surface area contributed by atoms with Gasteiger partial charge >= 0.3 is 0 Å². The van der Waals surface area contributed by atoms with Gasteiger partial charge in [0.05, 0.1) is 13.2 Å². The van der Waals surface area contributed by atoms with Crippen LogP contribution in [-0.2, 0) is 14.8 Å². The summed E-state index contributed by atoms with van der Waals surface area (Å²) in [5.41, 5.74) is 1.65. The standard InChI is InChI=1S/C23H30N4O4S/c1-18(17-28)16-26-32(29,30)23(15-24)13-19-2-3-21-14-22(5-4-20(21)12-19)25-6-7-27-8-10-31-11-9-27/h2-5,12-14,18,25-26,28H,6-11,16-17H2,1H3/b23-13+. The molecule has 0 aliphatic carbocycles. The van der Waals surface area contributed by atoms with Crippen molar-refractivity contribution in [2.75, 3.05) is 57.9 Å². The van der Waals surface area contributed by atoms with Crippen LogP contribution in [0.1, 0.15) is 12.5 Å². The van der Waals surface area contributed by atoms with E-state index in [0.29, 0.717) is 5.56 Å². The predicted octanol–water partition coefficient (Wildman–Crippen LogP) is 2.00. The van der Waals surface area contributed by atoms with E-state index in [0.717, 1.165) is 55.9 Å². The Morgan fingerprint density at radius 2 is 1.97 bits per heavy atom. The van der Waals surface area contributed by atoms with Crippen molar-refractivity contribution in [3.05, 3.63) is 46.9 Å². The third kappa shape index (κ3) is 6.76. The fourth-order valence-electron chi connectivity index (χ4n) is 3.36. The molecule has 0 spiro atoms. The number of aliphatic hydroxyl groups excluding tert-OH is 1. The molecule has 1 heterocycles. The fraction of sp³-hybridized carbons (Fsp3) is 0.435. The number of anilines is 1. The lowest BCUT2D eigenvalue weighted by Gasteiger charge is -2.26. The molecule has 0 saturated carbocycles. The number of hydrogen-bond acceptors (Lipinski definition) is 7. The lowest BCUT2D eigenvalue weighted by atomic mass is 10.1. The van der Waals surface area contributed by atoms with Gasteiger partial charge in [-0.2, -0.15) is 5.26 Å². The van der Waals surface area contributed by atoms with Crippen LogP contribution in [0.3, 0.4) is 0 Å². The monoisotopic (exact) mass is 458 g/mol. The number of nitrogens with one attached hydrogen (secondary N) is 2. The summed E-state index contributed by atoms with van der Waals surface area (Å²) >= 11 is 0. The minimum Gasteiger partial charge on any atom is -0.396 e. The summed E-state index contributed by atoms with van der Waals surface area (Å²) in [4.78, 5) is 2.01. The Kier molecular flexibility index (Phi) is 8.61. The van der Waals surface area contributed by atoms with Crippen LogP contribution in [0.15, 0.2) is 41.3 Å². The number of ether oxygens (including phenoxy) is 1. The fourth-order valence-corrected chi connectivity index (χ4v) is 4.43. The number of rotatable bonds is 10. The second kappa shape index (κ2) is 11.4. The van der Waals surface area contributed by atoms with E-state index in [1.54, 1.807) is 19.1 Å². The van der Waals surface area contributed by atoms with Crippen molar-refractivity contribution < 1.29 is 18.3 Å². The summed E-state index contributed by atoms with van der Waals surface area (Å²) in [6, 6.07) is 13.4. The first kappa shape index (κ1) is 24.2. The average Bonchev–Trinajstić information content (AvgIpc) is 2.81. The molecule has 8 nitrogen and oxygen atoms in total. The molecule has 1 fully saturated rings. The van der Waals surface area contributed by atoms with Gasteiger partial charge < -0.3 is 15.2 Å². The summed E-state index contributed by atoms with van der Waals surface area (Å²) in [5, 5.41) is 23.9. The molecule has 9 heteroatoms. The molecule has 2 aromatic rings. The molecule has 0 bridgehead atoms. The van der Waals surface area contributed by atoms with Gasteiger partial charge in [0.2, 0.25) is 0 Å². The SMILES string of the molecule is CC(CO)CNS(=O)(=O)/C(C#N)=C/c1ccc2cc(NCCN3CCOCC3)ccc2c1. The topological polar surface area (TPSA) is 115 Å². The van der Waals surface area contributed by atoms with Crippen molar-refractivity contribution in [3.63, 3.8) is 0 Å². The van der Waals surface area contributed by atoms with E-state index < -0.39 is 10.0 Å². The molecule has 0 radical (unpaired) electrons. The van der Waals surface area contributed by atoms with E-state index >= 15 is 0 Å². The highest BCUT2D eigenvalue weighted by Gasteiger charge is 2.18. The van der Waals surface area contributed by atoms with Crippen LogP contribution in [0.5, 0.6) is 0 Å². The Labute approximate surface area is 189 Å². The molecule has 32 heavy (non-hydrogen) atoms. The Morgan fingerprint density at radius 1 is 1.25 bits per heavy atom. The quantitative estimate of drug-likeness (QED) is 0.467. The van der Waals surface area contributed by atoms with E-state index in [1.807, 2.05) is 24.3 Å². The first-order valence-electron chi connectivity index (χ1n) is 10.7. The third-order valence-electron chi connectivity index (χ3n) is 5.36. The number of fused-ring (bicyclic) bond motifs is 1. The molecule has 1 atom stereocenters. The highest BCUT2D eigenvalue weighted by atomic mass is 32.2.